The van der Waals surface area contributed by atoms with E-state index in [1.165, 1.54) is 7.11 Å². The molecule has 0 radical (unpaired) electrons. The molecule has 0 spiro atoms. The third-order valence-corrected chi connectivity index (χ3v) is 1.37. The smallest absolute Gasteiger partial charge is 0.330 e. The molecule has 0 atom stereocenters. The summed E-state index contributed by atoms with van der Waals surface area (Å²) in [5.74, 6) is -0.267. The van der Waals surface area contributed by atoms with Crippen molar-refractivity contribution >= 4 is 5.97 Å². The van der Waals surface area contributed by atoms with Crippen LogP contribution >= 0.6 is 0 Å². The van der Waals surface area contributed by atoms with Crippen LogP contribution in [0.3, 0.4) is 0 Å². The van der Waals surface area contributed by atoms with E-state index >= 15 is 0 Å². The normalized spacial score (nSPS) is 12.9. The molecule has 0 N–H and O–H groups in total. The zero-order chi connectivity index (χ0) is 9.78. The van der Waals surface area contributed by atoms with Crippen molar-refractivity contribution in [1.29, 1.82) is 0 Å². The molecule has 0 aromatic heterocycles. The van der Waals surface area contributed by atoms with Crippen LogP contribution in [0, 0.1) is 5.41 Å². The average molecular weight is 170 g/mol. The molecule has 12 heavy (non-hydrogen) atoms. The first-order valence-electron chi connectivity index (χ1n) is 4.10. The summed E-state index contributed by atoms with van der Waals surface area (Å²) in [6.07, 6.45) is 2.47. The Kier molecular flexibility index (Phi) is 4.01. The molecule has 0 heterocycles. The largest absolute Gasteiger partial charge is 0.466 e. The van der Waals surface area contributed by atoms with Gasteiger partial charge in [-0.15, -0.1) is 0 Å². The zero-order valence-electron chi connectivity index (χ0n) is 8.60. The van der Waals surface area contributed by atoms with Crippen molar-refractivity contribution in [1.82, 2.24) is 0 Å². The minimum Gasteiger partial charge on any atom is -0.466 e. The summed E-state index contributed by atoms with van der Waals surface area (Å²) in [6.45, 7) is 8.37. The van der Waals surface area contributed by atoms with Crippen LogP contribution < -0.4 is 0 Å². The summed E-state index contributed by atoms with van der Waals surface area (Å²) >= 11 is 0. The lowest BCUT2D eigenvalue weighted by Crippen LogP contribution is -2.06. The summed E-state index contributed by atoms with van der Waals surface area (Å²) in [4.78, 5) is 10.8. The standard InChI is InChI=1S/C10H18O2/c1-8(6-9(11)12-5)7-10(2,3)4/h6H,7H2,1-5H3/b8-6+. The van der Waals surface area contributed by atoms with Gasteiger partial charge in [0, 0.05) is 6.08 Å². The molecule has 0 aliphatic carbocycles. The number of allylic oxidation sites excluding steroid dienone is 1. The van der Waals surface area contributed by atoms with Crippen molar-refractivity contribution < 1.29 is 9.53 Å². The van der Waals surface area contributed by atoms with Gasteiger partial charge in [-0.2, -0.15) is 0 Å². The number of ether oxygens (including phenoxy) is 1. The van der Waals surface area contributed by atoms with Gasteiger partial charge < -0.3 is 4.74 Å². The topological polar surface area (TPSA) is 26.3 Å². The van der Waals surface area contributed by atoms with Gasteiger partial charge in [-0.3, -0.25) is 0 Å². The van der Waals surface area contributed by atoms with Crippen LogP contribution in [0.4, 0.5) is 0 Å². The quantitative estimate of drug-likeness (QED) is 0.470. The minimum atomic E-state index is -0.267. The maximum Gasteiger partial charge on any atom is 0.330 e. The van der Waals surface area contributed by atoms with Crippen LogP contribution in [0.15, 0.2) is 11.6 Å². The Labute approximate surface area is 74.6 Å². The summed E-state index contributed by atoms with van der Waals surface area (Å²) in [5.41, 5.74) is 1.29. The second-order valence-corrected chi connectivity index (χ2v) is 4.25. The Morgan fingerprint density at radius 2 is 1.92 bits per heavy atom. The van der Waals surface area contributed by atoms with Crippen molar-refractivity contribution in [2.75, 3.05) is 7.11 Å². The fraction of sp³-hybridized carbons (Fsp3) is 0.700. The Hall–Kier alpha value is -0.790. The van der Waals surface area contributed by atoms with Crippen LogP contribution in [0.2, 0.25) is 0 Å². The van der Waals surface area contributed by atoms with Crippen molar-refractivity contribution in [3.8, 4) is 0 Å². The maximum atomic E-state index is 10.8. The van der Waals surface area contributed by atoms with Gasteiger partial charge in [0.05, 0.1) is 7.11 Å². The lowest BCUT2D eigenvalue weighted by atomic mass is 9.88. The number of esters is 1. The van der Waals surface area contributed by atoms with E-state index in [1.807, 2.05) is 6.92 Å². The van der Waals surface area contributed by atoms with Gasteiger partial charge in [0.15, 0.2) is 0 Å². The van der Waals surface area contributed by atoms with Gasteiger partial charge in [0.25, 0.3) is 0 Å². The number of rotatable bonds is 2. The molecule has 0 saturated carbocycles. The first-order valence-corrected chi connectivity index (χ1v) is 4.10. The number of hydrogen-bond donors (Lipinski definition) is 0. The summed E-state index contributed by atoms with van der Waals surface area (Å²) < 4.78 is 4.52. The molecular formula is C10H18O2. The highest BCUT2D eigenvalue weighted by Crippen LogP contribution is 2.23. The van der Waals surface area contributed by atoms with Crippen LogP contribution in [-0.2, 0) is 9.53 Å². The van der Waals surface area contributed by atoms with E-state index in [0.717, 1.165) is 12.0 Å². The van der Waals surface area contributed by atoms with Crippen molar-refractivity contribution in [2.24, 2.45) is 5.41 Å². The molecule has 0 aromatic rings. The highest BCUT2D eigenvalue weighted by Gasteiger charge is 2.11. The third kappa shape index (κ3) is 5.96. The second-order valence-electron chi connectivity index (χ2n) is 4.25. The molecule has 0 aromatic carbocycles. The second kappa shape index (κ2) is 4.29. The summed E-state index contributed by atoms with van der Waals surface area (Å²) in [7, 11) is 1.39. The molecule has 70 valence electrons. The van der Waals surface area contributed by atoms with Gasteiger partial charge in [-0.05, 0) is 18.8 Å². The molecule has 2 heteroatoms. The fourth-order valence-corrected chi connectivity index (χ4v) is 1.15. The number of carbonyl (C=O) groups is 1. The number of methoxy groups -OCH3 is 1. The molecule has 0 amide bonds. The van der Waals surface area contributed by atoms with Gasteiger partial charge in [0.1, 0.15) is 0 Å². The van der Waals surface area contributed by atoms with Gasteiger partial charge in [-0.25, -0.2) is 4.79 Å². The number of carbonyl (C=O) groups excluding carboxylic acids is 1. The SMILES string of the molecule is COC(=O)/C=C(\C)CC(C)(C)C. The van der Waals surface area contributed by atoms with Gasteiger partial charge >= 0.3 is 5.97 Å². The van der Waals surface area contributed by atoms with Gasteiger partial charge in [0.2, 0.25) is 0 Å². The lowest BCUT2D eigenvalue weighted by molar-refractivity contribution is -0.134. The van der Waals surface area contributed by atoms with E-state index in [4.69, 9.17) is 0 Å². The van der Waals surface area contributed by atoms with Crippen LogP contribution in [-0.4, -0.2) is 13.1 Å². The maximum absolute atomic E-state index is 10.8. The molecule has 0 saturated heterocycles. The molecule has 2 nitrogen and oxygen atoms in total. The monoisotopic (exact) mass is 170 g/mol. The molecule has 0 aliphatic heterocycles. The molecule has 0 unspecified atom stereocenters. The third-order valence-electron chi connectivity index (χ3n) is 1.37. The molecular weight excluding hydrogens is 152 g/mol. The van der Waals surface area contributed by atoms with Crippen LogP contribution in [0.5, 0.6) is 0 Å². The molecule has 0 fully saturated rings. The predicted octanol–water partition coefficient (Wildman–Crippen LogP) is 2.54. The molecule has 0 bridgehead atoms. The van der Waals surface area contributed by atoms with E-state index in [1.54, 1.807) is 6.08 Å². The van der Waals surface area contributed by atoms with E-state index in [9.17, 15) is 4.79 Å². The highest BCUT2D eigenvalue weighted by molar-refractivity contribution is 5.82. The van der Waals surface area contributed by atoms with Gasteiger partial charge in [-0.1, -0.05) is 26.3 Å². The zero-order valence-corrected chi connectivity index (χ0v) is 8.60. The van der Waals surface area contributed by atoms with Crippen LogP contribution in [0.1, 0.15) is 34.1 Å². The van der Waals surface area contributed by atoms with E-state index in [0.29, 0.717) is 0 Å². The van der Waals surface area contributed by atoms with E-state index in [2.05, 4.69) is 25.5 Å². The molecule has 0 aliphatic rings. The summed E-state index contributed by atoms with van der Waals surface area (Å²) in [5, 5.41) is 0. The fourth-order valence-electron chi connectivity index (χ4n) is 1.15. The Morgan fingerprint density at radius 3 is 2.25 bits per heavy atom. The Balaban J connectivity index is 4.12. The minimum absolute atomic E-state index is 0.231. The first-order chi connectivity index (χ1) is 5.35. The summed E-state index contributed by atoms with van der Waals surface area (Å²) in [6, 6.07) is 0. The van der Waals surface area contributed by atoms with Crippen molar-refractivity contribution in [3.63, 3.8) is 0 Å². The highest BCUT2D eigenvalue weighted by atomic mass is 16.5. The Morgan fingerprint density at radius 1 is 1.42 bits per heavy atom. The van der Waals surface area contributed by atoms with Crippen molar-refractivity contribution in [3.05, 3.63) is 11.6 Å². The van der Waals surface area contributed by atoms with Crippen LogP contribution in [0.25, 0.3) is 0 Å². The predicted molar refractivity (Wildman–Crippen MR) is 49.8 cm³/mol. The van der Waals surface area contributed by atoms with E-state index < -0.39 is 0 Å². The van der Waals surface area contributed by atoms with Crippen molar-refractivity contribution in [2.45, 2.75) is 34.1 Å². The average Bonchev–Trinajstić information content (AvgIpc) is 1.82. The van der Waals surface area contributed by atoms with E-state index in [-0.39, 0.29) is 11.4 Å². The number of hydrogen-bond acceptors (Lipinski definition) is 2. The Bertz CT molecular complexity index is 185. The lowest BCUT2D eigenvalue weighted by Gasteiger charge is -2.17. The first kappa shape index (κ1) is 11.2. The molecule has 0 rings (SSSR count).